The van der Waals surface area contributed by atoms with Crippen molar-refractivity contribution in [1.29, 1.82) is 0 Å². The minimum absolute atomic E-state index is 0.0911. The van der Waals surface area contributed by atoms with Crippen molar-refractivity contribution in [3.8, 4) is 5.75 Å². The molecule has 7 heteroatoms. The molecule has 0 spiro atoms. The molecule has 0 aliphatic heterocycles. The zero-order valence-corrected chi connectivity index (χ0v) is 11.4. The number of hydrogen-bond donors (Lipinski definition) is 2. The van der Waals surface area contributed by atoms with Crippen LogP contribution in [0.3, 0.4) is 0 Å². The molecule has 0 saturated carbocycles. The van der Waals surface area contributed by atoms with E-state index in [2.05, 4.69) is 20.5 Å². The maximum absolute atomic E-state index is 12.0. The molecule has 1 amide bonds. The highest BCUT2D eigenvalue weighted by molar-refractivity contribution is 8.00. The first kappa shape index (κ1) is 13.4. The van der Waals surface area contributed by atoms with E-state index in [0.717, 1.165) is 11.4 Å². The van der Waals surface area contributed by atoms with Gasteiger partial charge < -0.3 is 10.1 Å². The Morgan fingerprint density at radius 3 is 2.74 bits per heavy atom. The Bertz CT molecular complexity index is 527. The molecule has 0 bridgehead atoms. The van der Waals surface area contributed by atoms with Crippen molar-refractivity contribution < 1.29 is 9.53 Å². The molecular formula is C12H14N4O2S. The fraction of sp³-hybridized carbons (Fsp3) is 0.250. The molecule has 0 aliphatic carbocycles. The summed E-state index contributed by atoms with van der Waals surface area (Å²) in [4.78, 5) is 15.9. The Morgan fingerprint density at radius 2 is 2.16 bits per heavy atom. The van der Waals surface area contributed by atoms with Crippen LogP contribution in [-0.4, -0.2) is 33.4 Å². The summed E-state index contributed by atoms with van der Waals surface area (Å²) >= 11 is 1.32. The number of aromatic amines is 1. The van der Waals surface area contributed by atoms with Gasteiger partial charge in [0.2, 0.25) is 5.91 Å². The third kappa shape index (κ3) is 3.72. The van der Waals surface area contributed by atoms with E-state index in [1.54, 1.807) is 31.4 Å². The molecule has 100 valence electrons. The van der Waals surface area contributed by atoms with Crippen molar-refractivity contribution >= 4 is 23.4 Å². The summed E-state index contributed by atoms with van der Waals surface area (Å²) < 4.78 is 5.06. The van der Waals surface area contributed by atoms with Gasteiger partial charge in [0.1, 0.15) is 12.1 Å². The second-order valence-electron chi connectivity index (χ2n) is 3.77. The average Bonchev–Trinajstić information content (AvgIpc) is 2.92. The van der Waals surface area contributed by atoms with Gasteiger partial charge in [0.25, 0.3) is 0 Å². The second kappa shape index (κ2) is 6.24. The lowest BCUT2D eigenvalue weighted by molar-refractivity contribution is -0.115. The van der Waals surface area contributed by atoms with Crippen LogP contribution in [0.2, 0.25) is 0 Å². The zero-order chi connectivity index (χ0) is 13.7. The van der Waals surface area contributed by atoms with Crippen molar-refractivity contribution in [2.45, 2.75) is 17.3 Å². The molecule has 2 aromatic rings. The van der Waals surface area contributed by atoms with E-state index in [1.165, 1.54) is 18.1 Å². The van der Waals surface area contributed by atoms with Gasteiger partial charge in [-0.15, -0.1) is 0 Å². The van der Waals surface area contributed by atoms with Crippen LogP contribution in [0, 0.1) is 0 Å². The van der Waals surface area contributed by atoms with Gasteiger partial charge in [0, 0.05) is 5.69 Å². The van der Waals surface area contributed by atoms with E-state index < -0.39 is 0 Å². The zero-order valence-electron chi connectivity index (χ0n) is 10.6. The Labute approximate surface area is 115 Å². The predicted molar refractivity (Wildman–Crippen MR) is 73.3 cm³/mol. The topological polar surface area (TPSA) is 79.9 Å². The molecule has 0 radical (unpaired) electrons. The highest BCUT2D eigenvalue weighted by Gasteiger charge is 2.15. The van der Waals surface area contributed by atoms with Crippen LogP contribution in [0.5, 0.6) is 5.75 Å². The van der Waals surface area contributed by atoms with Crippen LogP contribution in [0.15, 0.2) is 35.7 Å². The fourth-order valence-corrected chi connectivity index (χ4v) is 2.10. The number of carbonyl (C=O) groups excluding carboxylic acids is 1. The van der Waals surface area contributed by atoms with Gasteiger partial charge in [-0.25, -0.2) is 4.98 Å². The van der Waals surface area contributed by atoms with E-state index in [4.69, 9.17) is 4.74 Å². The van der Waals surface area contributed by atoms with Gasteiger partial charge in [0.15, 0.2) is 5.16 Å². The number of rotatable bonds is 5. The van der Waals surface area contributed by atoms with Crippen molar-refractivity contribution in [3.63, 3.8) is 0 Å². The van der Waals surface area contributed by atoms with E-state index in [9.17, 15) is 4.79 Å². The summed E-state index contributed by atoms with van der Waals surface area (Å²) in [5, 5.41) is 9.62. The van der Waals surface area contributed by atoms with Crippen LogP contribution in [0.25, 0.3) is 0 Å². The van der Waals surface area contributed by atoms with Crippen molar-refractivity contribution in [1.82, 2.24) is 15.2 Å². The van der Waals surface area contributed by atoms with E-state index in [-0.39, 0.29) is 11.2 Å². The highest BCUT2D eigenvalue weighted by atomic mass is 32.2. The lowest BCUT2D eigenvalue weighted by Gasteiger charge is -2.10. The number of aromatic nitrogens is 3. The van der Waals surface area contributed by atoms with Gasteiger partial charge in [-0.3, -0.25) is 9.89 Å². The van der Waals surface area contributed by atoms with Crippen LogP contribution >= 0.6 is 11.8 Å². The number of benzene rings is 1. The number of nitrogens with one attached hydrogen (secondary N) is 2. The first-order valence-electron chi connectivity index (χ1n) is 5.66. The number of ether oxygens (including phenoxy) is 1. The maximum atomic E-state index is 12.0. The minimum atomic E-state index is -0.268. The molecule has 6 nitrogen and oxygen atoms in total. The molecule has 19 heavy (non-hydrogen) atoms. The number of methoxy groups -OCH3 is 1. The van der Waals surface area contributed by atoms with Crippen molar-refractivity contribution in [2.24, 2.45) is 0 Å². The lowest BCUT2D eigenvalue weighted by Crippen LogP contribution is -2.22. The molecule has 0 aliphatic rings. The number of hydrogen-bond acceptors (Lipinski definition) is 5. The maximum Gasteiger partial charge on any atom is 0.237 e. The SMILES string of the molecule is COc1ccc(NC(=O)[C@@H](C)Sc2ncn[nH]2)cc1. The standard InChI is InChI=1S/C12H14N4O2S/c1-8(19-12-13-7-14-16-12)11(17)15-9-3-5-10(18-2)6-4-9/h3-8H,1-2H3,(H,15,17)(H,13,14,16)/t8-/m1/s1. The molecule has 0 fully saturated rings. The third-order valence-electron chi connectivity index (χ3n) is 2.41. The summed E-state index contributed by atoms with van der Waals surface area (Å²) in [6.07, 6.45) is 1.41. The van der Waals surface area contributed by atoms with Gasteiger partial charge >= 0.3 is 0 Å². The molecule has 1 heterocycles. The normalized spacial score (nSPS) is 11.9. The number of nitrogens with zero attached hydrogens (tertiary/aromatic N) is 2. The molecule has 1 aromatic carbocycles. The Hall–Kier alpha value is -2.02. The lowest BCUT2D eigenvalue weighted by atomic mass is 10.3. The van der Waals surface area contributed by atoms with Gasteiger partial charge in [-0.1, -0.05) is 11.8 Å². The number of amides is 1. The summed E-state index contributed by atoms with van der Waals surface area (Å²) in [6, 6.07) is 7.18. The largest absolute Gasteiger partial charge is 0.497 e. The van der Waals surface area contributed by atoms with Gasteiger partial charge in [-0.2, -0.15) is 5.10 Å². The molecule has 1 atom stereocenters. The average molecular weight is 278 g/mol. The monoisotopic (exact) mass is 278 g/mol. The first-order chi connectivity index (χ1) is 9.19. The Kier molecular flexibility index (Phi) is 4.40. The first-order valence-corrected chi connectivity index (χ1v) is 6.54. The second-order valence-corrected chi connectivity index (χ2v) is 5.10. The number of carbonyl (C=O) groups is 1. The van der Waals surface area contributed by atoms with E-state index >= 15 is 0 Å². The number of thioether (sulfide) groups is 1. The van der Waals surface area contributed by atoms with Crippen LogP contribution in [0.4, 0.5) is 5.69 Å². The summed E-state index contributed by atoms with van der Waals surface area (Å²) in [5.74, 6) is 0.661. The highest BCUT2D eigenvalue weighted by Crippen LogP contribution is 2.20. The minimum Gasteiger partial charge on any atom is -0.497 e. The smallest absolute Gasteiger partial charge is 0.237 e. The van der Waals surface area contributed by atoms with Crippen LogP contribution < -0.4 is 10.1 Å². The molecule has 0 saturated heterocycles. The van der Waals surface area contributed by atoms with Crippen molar-refractivity contribution in [2.75, 3.05) is 12.4 Å². The fourth-order valence-electron chi connectivity index (χ4n) is 1.39. The molecule has 0 unspecified atom stereocenters. The molecule has 2 N–H and O–H groups in total. The quantitative estimate of drug-likeness (QED) is 0.817. The third-order valence-corrected chi connectivity index (χ3v) is 3.40. The van der Waals surface area contributed by atoms with Gasteiger partial charge in [0.05, 0.1) is 12.4 Å². The molecule has 1 aromatic heterocycles. The Balaban J connectivity index is 1.92. The number of anilines is 1. The van der Waals surface area contributed by atoms with Crippen LogP contribution in [0.1, 0.15) is 6.92 Å². The van der Waals surface area contributed by atoms with E-state index in [1.807, 2.05) is 6.92 Å². The van der Waals surface area contributed by atoms with Gasteiger partial charge in [-0.05, 0) is 31.2 Å². The Morgan fingerprint density at radius 1 is 1.42 bits per heavy atom. The predicted octanol–water partition coefficient (Wildman–Crippen LogP) is 1.93. The summed E-state index contributed by atoms with van der Waals surface area (Å²) in [7, 11) is 1.60. The van der Waals surface area contributed by atoms with Crippen molar-refractivity contribution in [3.05, 3.63) is 30.6 Å². The molecule has 2 rings (SSSR count). The van der Waals surface area contributed by atoms with Crippen LogP contribution in [-0.2, 0) is 4.79 Å². The molecular weight excluding hydrogens is 264 g/mol. The summed E-state index contributed by atoms with van der Waals surface area (Å²) in [6.45, 7) is 1.81. The number of H-pyrrole nitrogens is 1. The van der Waals surface area contributed by atoms with E-state index in [0.29, 0.717) is 5.16 Å². The summed E-state index contributed by atoms with van der Waals surface area (Å²) in [5.41, 5.74) is 0.732.